The van der Waals surface area contributed by atoms with Gasteiger partial charge in [-0.25, -0.2) is 4.79 Å². The molecule has 5 nitrogen and oxygen atoms in total. The number of nitriles is 1. The number of ether oxygens (including phenoxy) is 1. The average molecular weight is 433 g/mol. The molecule has 1 spiro atoms. The van der Waals surface area contributed by atoms with E-state index >= 15 is 0 Å². The van der Waals surface area contributed by atoms with Gasteiger partial charge in [0.1, 0.15) is 5.60 Å². The van der Waals surface area contributed by atoms with Crippen LogP contribution < -0.4 is 0 Å². The number of aromatic nitrogens is 1. The lowest BCUT2D eigenvalue weighted by Gasteiger charge is -2.36. The van der Waals surface area contributed by atoms with E-state index in [0.29, 0.717) is 54.8 Å². The molecular weight excluding hydrogens is 412 g/mol. The summed E-state index contributed by atoms with van der Waals surface area (Å²) in [5.41, 5.74) is 2.54. The van der Waals surface area contributed by atoms with E-state index in [0.717, 1.165) is 16.5 Å². The van der Waals surface area contributed by atoms with Crippen LogP contribution in [0.2, 0.25) is 5.02 Å². The lowest BCUT2D eigenvalue weighted by atomic mass is 9.73. The molecule has 3 aromatic rings. The van der Waals surface area contributed by atoms with Crippen LogP contribution in [0.15, 0.2) is 48.7 Å². The molecule has 1 saturated carbocycles. The van der Waals surface area contributed by atoms with Gasteiger partial charge in [-0.3, -0.25) is 4.79 Å². The van der Waals surface area contributed by atoms with Gasteiger partial charge in [0.15, 0.2) is 5.78 Å². The molecule has 1 aliphatic heterocycles. The Hall–Kier alpha value is -3.10. The summed E-state index contributed by atoms with van der Waals surface area (Å²) >= 11 is 6.18. The Labute approximate surface area is 185 Å². The minimum atomic E-state index is -0.598. The second-order valence-corrected chi connectivity index (χ2v) is 8.81. The van der Waals surface area contributed by atoms with Gasteiger partial charge in [0.2, 0.25) is 0 Å². The molecule has 0 saturated heterocycles. The second-order valence-electron chi connectivity index (χ2n) is 8.37. The fourth-order valence-electron chi connectivity index (χ4n) is 5.10. The molecule has 0 N–H and O–H groups in total. The third-order valence-corrected chi connectivity index (χ3v) is 6.90. The number of aryl methyl sites for hydroxylation is 1. The number of esters is 1. The van der Waals surface area contributed by atoms with Crippen molar-refractivity contribution in [2.75, 3.05) is 0 Å². The van der Waals surface area contributed by atoms with E-state index in [1.54, 1.807) is 6.07 Å². The average Bonchev–Trinajstić information content (AvgIpc) is 3.28. The van der Waals surface area contributed by atoms with E-state index in [2.05, 4.69) is 6.07 Å². The first kappa shape index (κ1) is 19.8. The molecule has 0 radical (unpaired) electrons. The molecule has 0 unspecified atom stereocenters. The summed E-state index contributed by atoms with van der Waals surface area (Å²) in [6.07, 6.45) is 4.84. The minimum absolute atomic E-state index is 0.107. The summed E-state index contributed by atoms with van der Waals surface area (Å²) in [7, 11) is 0. The molecule has 1 aliphatic carbocycles. The Morgan fingerprint density at radius 2 is 2.00 bits per heavy atom. The maximum Gasteiger partial charge on any atom is 0.339 e. The van der Waals surface area contributed by atoms with Crippen LogP contribution in [-0.4, -0.2) is 16.3 Å². The highest BCUT2D eigenvalue weighted by Crippen LogP contribution is 2.48. The van der Waals surface area contributed by atoms with Gasteiger partial charge in [-0.05, 0) is 43.9 Å². The summed E-state index contributed by atoms with van der Waals surface area (Å²) in [6.45, 7) is 0.515. The smallest absolute Gasteiger partial charge is 0.339 e. The van der Waals surface area contributed by atoms with E-state index < -0.39 is 5.60 Å². The first-order valence-corrected chi connectivity index (χ1v) is 10.9. The van der Waals surface area contributed by atoms with Gasteiger partial charge < -0.3 is 9.30 Å². The number of carbonyl (C=O) groups excluding carboxylic acids is 2. The van der Waals surface area contributed by atoms with E-state index in [-0.39, 0.29) is 17.7 Å². The predicted molar refractivity (Wildman–Crippen MR) is 117 cm³/mol. The number of Topliss-reactive ketones (excluding diaryl/α,β-unsaturated/α-hetero) is 1. The zero-order valence-electron chi connectivity index (χ0n) is 16.9. The van der Waals surface area contributed by atoms with E-state index in [1.165, 1.54) is 0 Å². The minimum Gasteiger partial charge on any atom is -0.451 e. The van der Waals surface area contributed by atoms with Crippen molar-refractivity contribution in [2.45, 2.75) is 44.2 Å². The highest BCUT2D eigenvalue weighted by molar-refractivity contribution is 6.31. The van der Waals surface area contributed by atoms with Crippen molar-refractivity contribution in [3.8, 4) is 6.07 Å². The van der Waals surface area contributed by atoms with Crippen molar-refractivity contribution in [2.24, 2.45) is 5.92 Å². The van der Waals surface area contributed by atoms with Crippen LogP contribution in [0.3, 0.4) is 0 Å². The largest absolute Gasteiger partial charge is 0.451 e. The molecule has 2 heterocycles. The van der Waals surface area contributed by atoms with E-state index in [9.17, 15) is 9.59 Å². The lowest BCUT2D eigenvalue weighted by molar-refractivity contribution is -0.0337. The van der Waals surface area contributed by atoms with Crippen LogP contribution in [0, 0.1) is 17.2 Å². The van der Waals surface area contributed by atoms with E-state index in [1.807, 2.05) is 47.2 Å². The molecule has 1 fully saturated rings. The van der Waals surface area contributed by atoms with Crippen molar-refractivity contribution in [3.63, 3.8) is 0 Å². The lowest BCUT2D eigenvalue weighted by Crippen LogP contribution is -2.34. The zero-order chi connectivity index (χ0) is 21.6. The van der Waals surface area contributed by atoms with Crippen LogP contribution in [0.1, 0.15) is 58.4 Å². The fraction of sp³-hybridized carbons (Fsp3) is 0.320. The van der Waals surface area contributed by atoms with Crippen LogP contribution in [0.5, 0.6) is 0 Å². The summed E-state index contributed by atoms with van der Waals surface area (Å²) in [5.74, 6) is -0.281. The SMILES string of the molecule is N#CCCn1cc(C(=O)C2CCC3(CC2)OC(=O)c2ccccc23)c2ccc(Cl)cc21. The summed E-state index contributed by atoms with van der Waals surface area (Å²) in [4.78, 5) is 25.8. The number of hydrogen-bond donors (Lipinski definition) is 0. The Kier molecular flexibility index (Phi) is 4.83. The van der Waals surface area contributed by atoms with Crippen LogP contribution in [-0.2, 0) is 16.9 Å². The van der Waals surface area contributed by atoms with Gasteiger partial charge in [0, 0.05) is 40.2 Å². The van der Waals surface area contributed by atoms with Crippen molar-refractivity contribution < 1.29 is 14.3 Å². The first-order chi connectivity index (χ1) is 15.0. The first-order valence-electron chi connectivity index (χ1n) is 10.5. The topological polar surface area (TPSA) is 72.1 Å². The number of hydrogen-bond acceptors (Lipinski definition) is 4. The van der Waals surface area contributed by atoms with Gasteiger partial charge in [-0.1, -0.05) is 35.9 Å². The normalized spacial score (nSPS) is 22.3. The molecule has 0 amide bonds. The molecule has 31 heavy (non-hydrogen) atoms. The van der Waals surface area contributed by atoms with Crippen LogP contribution >= 0.6 is 11.6 Å². The second kappa shape index (κ2) is 7.55. The van der Waals surface area contributed by atoms with Crippen LogP contribution in [0.25, 0.3) is 10.9 Å². The van der Waals surface area contributed by atoms with Gasteiger partial charge in [-0.15, -0.1) is 0 Å². The van der Waals surface area contributed by atoms with Crippen molar-refractivity contribution in [3.05, 3.63) is 70.4 Å². The number of halogens is 1. The molecule has 1 aromatic heterocycles. The Morgan fingerprint density at radius 3 is 2.77 bits per heavy atom. The third-order valence-electron chi connectivity index (χ3n) is 6.66. The maximum absolute atomic E-state index is 13.5. The van der Waals surface area contributed by atoms with Gasteiger partial charge in [-0.2, -0.15) is 5.26 Å². The molecule has 0 bridgehead atoms. The zero-order valence-corrected chi connectivity index (χ0v) is 17.7. The number of rotatable bonds is 4. The van der Waals surface area contributed by atoms with Crippen molar-refractivity contribution >= 4 is 34.3 Å². The quantitative estimate of drug-likeness (QED) is 0.394. The molecule has 0 atom stereocenters. The highest BCUT2D eigenvalue weighted by atomic mass is 35.5. The highest BCUT2D eigenvalue weighted by Gasteiger charge is 2.48. The summed E-state index contributed by atoms with van der Waals surface area (Å²) < 4.78 is 7.77. The molecular formula is C25H21ClN2O3. The molecule has 156 valence electrons. The number of ketones is 1. The molecule has 6 heteroatoms. The Bertz CT molecular complexity index is 1250. The van der Waals surface area contributed by atoms with Crippen molar-refractivity contribution in [1.82, 2.24) is 4.57 Å². The van der Waals surface area contributed by atoms with Crippen LogP contribution in [0.4, 0.5) is 0 Å². The number of benzene rings is 2. The monoisotopic (exact) mass is 432 g/mol. The van der Waals surface area contributed by atoms with Crippen molar-refractivity contribution in [1.29, 1.82) is 5.26 Å². The van der Waals surface area contributed by atoms with Gasteiger partial charge in [0.05, 0.1) is 23.6 Å². The maximum atomic E-state index is 13.5. The standard InChI is InChI=1S/C25H21ClN2O3/c26-17-6-7-18-20(15-28(13-3-12-27)22(18)14-17)23(29)16-8-10-25(11-9-16)21-5-2-1-4-19(21)24(30)31-25/h1-2,4-7,14-16H,3,8-11,13H2. The number of fused-ring (bicyclic) bond motifs is 3. The number of nitrogens with zero attached hydrogens (tertiary/aromatic N) is 2. The fourth-order valence-corrected chi connectivity index (χ4v) is 5.27. The summed E-state index contributed by atoms with van der Waals surface area (Å²) in [6, 6.07) is 15.2. The Morgan fingerprint density at radius 1 is 1.23 bits per heavy atom. The third kappa shape index (κ3) is 3.23. The summed E-state index contributed by atoms with van der Waals surface area (Å²) in [5, 5.41) is 10.4. The van der Waals surface area contributed by atoms with E-state index in [4.69, 9.17) is 21.6 Å². The van der Waals surface area contributed by atoms with Gasteiger partial charge in [0.25, 0.3) is 0 Å². The molecule has 5 rings (SSSR count). The Balaban J connectivity index is 1.41. The molecule has 2 aromatic carbocycles. The number of carbonyl (C=O) groups is 2. The van der Waals surface area contributed by atoms with Gasteiger partial charge >= 0.3 is 5.97 Å². The predicted octanol–water partition coefficient (Wildman–Crippen LogP) is 5.65. The molecule has 2 aliphatic rings.